The first kappa shape index (κ1) is 18.7. The summed E-state index contributed by atoms with van der Waals surface area (Å²) in [6, 6.07) is 9.04. The van der Waals surface area contributed by atoms with Crippen LogP contribution < -0.4 is 0 Å². The van der Waals surface area contributed by atoms with E-state index in [4.69, 9.17) is 4.74 Å². The van der Waals surface area contributed by atoms with E-state index < -0.39 is 5.92 Å². The number of benzene rings is 1. The minimum absolute atomic E-state index is 0.0566. The Hall–Kier alpha value is -1.64. The molecule has 132 valence electrons. The Morgan fingerprint density at radius 2 is 1.83 bits per heavy atom. The normalized spacial score (nSPS) is 25.3. The van der Waals surface area contributed by atoms with Crippen molar-refractivity contribution in [1.29, 1.82) is 0 Å². The molecular formula is C21H30O3. The number of carbonyl (C=O) groups is 2. The molecule has 0 amide bonds. The fraction of sp³-hybridized carbons (Fsp3) is 0.619. The fourth-order valence-electron chi connectivity index (χ4n) is 3.74. The third kappa shape index (κ3) is 4.46. The summed E-state index contributed by atoms with van der Waals surface area (Å²) in [6.07, 6.45) is 3.61. The third-order valence-corrected chi connectivity index (χ3v) is 5.30. The minimum Gasteiger partial charge on any atom is -0.462 e. The molecule has 3 nitrogen and oxygen atoms in total. The van der Waals surface area contributed by atoms with Crippen LogP contribution in [-0.2, 0) is 9.53 Å². The molecule has 0 heterocycles. The maximum Gasteiger partial charge on any atom is 0.317 e. The van der Waals surface area contributed by atoms with E-state index in [1.54, 1.807) is 12.1 Å². The molecule has 0 N–H and O–H groups in total. The Morgan fingerprint density at radius 3 is 2.42 bits per heavy atom. The molecule has 1 aliphatic carbocycles. The van der Waals surface area contributed by atoms with Crippen molar-refractivity contribution in [3.8, 4) is 0 Å². The monoisotopic (exact) mass is 330 g/mol. The first-order valence-corrected chi connectivity index (χ1v) is 9.23. The molecule has 1 aromatic rings. The number of esters is 1. The lowest BCUT2D eigenvalue weighted by Gasteiger charge is -2.37. The number of ketones is 1. The van der Waals surface area contributed by atoms with Gasteiger partial charge in [-0.05, 0) is 37.0 Å². The molecule has 0 saturated heterocycles. The van der Waals surface area contributed by atoms with Crippen molar-refractivity contribution in [3.63, 3.8) is 0 Å². The van der Waals surface area contributed by atoms with Crippen molar-refractivity contribution in [2.45, 2.75) is 59.5 Å². The van der Waals surface area contributed by atoms with Gasteiger partial charge in [-0.25, -0.2) is 0 Å². The lowest BCUT2D eigenvalue weighted by molar-refractivity contribution is -0.159. The number of carbonyl (C=O) groups excluding carboxylic acids is 2. The molecule has 0 radical (unpaired) electrons. The second-order valence-electron chi connectivity index (χ2n) is 7.49. The molecule has 4 atom stereocenters. The highest BCUT2D eigenvalue weighted by molar-refractivity contribution is 6.08. The van der Waals surface area contributed by atoms with Gasteiger partial charge in [-0.2, -0.15) is 0 Å². The van der Waals surface area contributed by atoms with E-state index in [0.717, 1.165) is 12.8 Å². The van der Waals surface area contributed by atoms with E-state index in [1.165, 1.54) is 6.42 Å². The van der Waals surface area contributed by atoms with Crippen LogP contribution in [0.3, 0.4) is 0 Å². The predicted molar refractivity (Wildman–Crippen MR) is 95.8 cm³/mol. The van der Waals surface area contributed by atoms with E-state index in [9.17, 15) is 9.59 Å². The van der Waals surface area contributed by atoms with Crippen molar-refractivity contribution < 1.29 is 14.3 Å². The van der Waals surface area contributed by atoms with Gasteiger partial charge in [0.2, 0.25) is 0 Å². The van der Waals surface area contributed by atoms with Crippen LogP contribution in [0.25, 0.3) is 0 Å². The quantitative estimate of drug-likeness (QED) is 0.423. The average Bonchev–Trinajstić information content (AvgIpc) is 2.56. The van der Waals surface area contributed by atoms with E-state index in [1.807, 2.05) is 25.1 Å². The van der Waals surface area contributed by atoms with Gasteiger partial charge in [-0.15, -0.1) is 0 Å². The van der Waals surface area contributed by atoms with E-state index in [0.29, 0.717) is 29.7 Å². The number of hydrogen-bond donors (Lipinski definition) is 0. The van der Waals surface area contributed by atoms with Gasteiger partial charge in [-0.3, -0.25) is 9.59 Å². The fourth-order valence-corrected chi connectivity index (χ4v) is 3.74. The van der Waals surface area contributed by atoms with Gasteiger partial charge in [0.25, 0.3) is 0 Å². The minimum atomic E-state index is -0.697. The number of hydrogen-bond acceptors (Lipinski definition) is 3. The zero-order valence-corrected chi connectivity index (χ0v) is 15.3. The summed E-state index contributed by atoms with van der Waals surface area (Å²) >= 11 is 0. The van der Waals surface area contributed by atoms with Crippen LogP contribution in [0.1, 0.15) is 63.7 Å². The second kappa shape index (κ2) is 8.46. The van der Waals surface area contributed by atoms with Crippen molar-refractivity contribution in [2.75, 3.05) is 0 Å². The van der Waals surface area contributed by atoms with Gasteiger partial charge in [0.1, 0.15) is 12.0 Å². The summed E-state index contributed by atoms with van der Waals surface area (Å²) < 4.78 is 5.87. The van der Waals surface area contributed by atoms with Crippen LogP contribution >= 0.6 is 0 Å². The standard InChI is InChI=1S/C21H30O3/c1-5-17(20(22)16-9-7-6-8-10-16)21(23)24-19-13-15(4)11-12-18(19)14(2)3/h6-10,14-15,17-19H,5,11-13H2,1-4H3/t15-,17+,18+,19-/m1/s1. The zero-order valence-electron chi connectivity index (χ0n) is 15.3. The number of rotatable bonds is 6. The summed E-state index contributed by atoms with van der Waals surface area (Å²) in [4.78, 5) is 25.3. The molecule has 0 aromatic heterocycles. The van der Waals surface area contributed by atoms with Crippen LogP contribution in [0, 0.1) is 23.7 Å². The largest absolute Gasteiger partial charge is 0.462 e. The molecule has 0 unspecified atom stereocenters. The molecule has 1 fully saturated rings. The second-order valence-corrected chi connectivity index (χ2v) is 7.49. The van der Waals surface area contributed by atoms with E-state index >= 15 is 0 Å². The smallest absolute Gasteiger partial charge is 0.317 e. The Balaban J connectivity index is 2.09. The molecule has 24 heavy (non-hydrogen) atoms. The van der Waals surface area contributed by atoms with Crippen LogP contribution in [-0.4, -0.2) is 17.9 Å². The van der Waals surface area contributed by atoms with Crippen molar-refractivity contribution in [1.82, 2.24) is 0 Å². The molecule has 1 saturated carbocycles. The van der Waals surface area contributed by atoms with Crippen LogP contribution in [0.4, 0.5) is 0 Å². The Labute approximate surface area is 145 Å². The van der Waals surface area contributed by atoms with Crippen molar-refractivity contribution in [3.05, 3.63) is 35.9 Å². The summed E-state index contributed by atoms with van der Waals surface area (Å²) in [5, 5.41) is 0. The lowest BCUT2D eigenvalue weighted by atomic mass is 9.75. The predicted octanol–water partition coefficient (Wildman–Crippen LogP) is 4.90. The lowest BCUT2D eigenvalue weighted by Crippen LogP contribution is -2.38. The van der Waals surface area contributed by atoms with E-state index in [-0.39, 0.29) is 17.9 Å². The van der Waals surface area contributed by atoms with Gasteiger partial charge in [0, 0.05) is 5.56 Å². The maximum absolute atomic E-state index is 12.7. The summed E-state index contributed by atoms with van der Waals surface area (Å²) in [7, 11) is 0. The number of Topliss-reactive ketones (excluding diaryl/α,β-unsaturated/α-hetero) is 1. The molecular weight excluding hydrogens is 300 g/mol. The van der Waals surface area contributed by atoms with Gasteiger partial charge in [-0.1, -0.05) is 64.4 Å². The first-order chi connectivity index (χ1) is 11.4. The van der Waals surface area contributed by atoms with Gasteiger partial charge >= 0.3 is 5.97 Å². The SMILES string of the molecule is CC[C@H](C(=O)O[C@@H]1C[C@H](C)CC[C@H]1C(C)C)C(=O)c1ccccc1. The third-order valence-electron chi connectivity index (χ3n) is 5.30. The topological polar surface area (TPSA) is 43.4 Å². The Morgan fingerprint density at radius 1 is 1.17 bits per heavy atom. The molecule has 0 aliphatic heterocycles. The molecule has 3 heteroatoms. The van der Waals surface area contributed by atoms with Gasteiger partial charge in [0.05, 0.1) is 0 Å². The van der Waals surface area contributed by atoms with Gasteiger partial charge < -0.3 is 4.74 Å². The highest BCUT2D eigenvalue weighted by atomic mass is 16.5. The van der Waals surface area contributed by atoms with Crippen LogP contribution in [0.15, 0.2) is 30.3 Å². The Bertz CT molecular complexity index is 549. The van der Waals surface area contributed by atoms with E-state index in [2.05, 4.69) is 20.8 Å². The highest BCUT2D eigenvalue weighted by Crippen LogP contribution is 2.36. The van der Waals surface area contributed by atoms with Gasteiger partial charge in [0.15, 0.2) is 5.78 Å². The van der Waals surface area contributed by atoms with Crippen molar-refractivity contribution in [2.24, 2.45) is 23.7 Å². The Kier molecular flexibility index (Phi) is 6.59. The number of ether oxygens (including phenoxy) is 1. The maximum atomic E-state index is 12.7. The summed E-state index contributed by atoms with van der Waals surface area (Å²) in [5.41, 5.74) is 0.582. The molecule has 2 rings (SSSR count). The molecule has 1 aliphatic rings. The van der Waals surface area contributed by atoms with Crippen LogP contribution in [0.5, 0.6) is 0 Å². The zero-order chi connectivity index (χ0) is 17.7. The van der Waals surface area contributed by atoms with Crippen molar-refractivity contribution >= 4 is 11.8 Å². The first-order valence-electron chi connectivity index (χ1n) is 9.23. The summed E-state index contributed by atoms with van der Waals surface area (Å²) in [6.45, 7) is 8.46. The highest BCUT2D eigenvalue weighted by Gasteiger charge is 2.36. The van der Waals surface area contributed by atoms with Crippen LogP contribution in [0.2, 0.25) is 0 Å². The summed E-state index contributed by atoms with van der Waals surface area (Å²) in [5.74, 6) is 0.277. The molecule has 1 aromatic carbocycles. The molecule has 0 bridgehead atoms. The molecule has 0 spiro atoms. The average molecular weight is 330 g/mol.